The monoisotopic (exact) mass is 380 g/mol. The van der Waals surface area contributed by atoms with Crippen LogP contribution in [0.5, 0.6) is 0 Å². The highest BCUT2D eigenvalue weighted by atomic mass is 32.2. The van der Waals surface area contributed by atoms with Crippen LogP contribution in [0.2, 0.25) is 0 Å². The molecule has 1 aromatic carbocycles. The highest BCUT2D eigenvalue weighted by Gasteiger charge is 2.31. The zero-order valence-corrected chi connectivity index (χ0v) is 16.6. The first-order chi connectivity index (χ1) is 12.4. The highest BCUT2D eigenvalue weighted by Crippen LogP contribution is 2.18. The molecule has 1 N–H and O–H groups in total. The van der Waals surface area contributed by atoms with Gasteiger partial charge in [-0.1, -0.05) is 24.6 Å². The molecule has 0 aromatic heterocycles. The predicted octanol–water partition coefficient (Wildman–Crippen LogP) is 0.143. The molecule has 2 aliphatic rings. The van der Waals surface area contributed by atoms with Crippen LogP contribution in [0.15, 0.2) is 29.2 Å². The Morgan fingerprint density at radius 1 is 1.15 bits per heavy atom. The van der Waals surface area contributed by atoms with Crippen LogP contribution in [-0.4, -0.2) is 69.3 Å². The van der Waals surface area contributed by atoms with Crippen LogP contribution < -0.4 is 4.90 Å². The average molecular weight is 381 g/mol. The summed E-state index contributed by atoms with van der Waals surface area (Å²) < 4.78 is 27.0. The number of amides is 1. The van der Waals surface area contributed by atoms with E-state index in [9.17, 15) is 13.2 Å². The van der Waals surface area contributed by atoms with Crippen molar-refractivity contribution >= 4 is 15.9 Å². The van der Waals surface area contributed by atoms with E-state index in [1.54, 1.807) is 12.1 Å². The summed E-state index contributed by atoms with van der Waals surface area (Å²) in [6.07, 6.45) is 2.44. The van der Waals surface area contributed by atoms with E-state index in [2.05, 4.69) is 6.92 Å². The second-order valence-electron chi connectivity index (χ2n) is 7.73. The fourth-order valence-corrected chi connectivity index (χ4v) is 5.34. The molecule has 0 spiro atoms. The van der Waals surface area contributed by atoms with Gasteiger partial charge in [-0.25, -0.2) is 8.42 Å². The van der Waals surface area contributed by atoms with Crippen LogP contribution in [0.3, 0.4) is 0 Å². The Labute approximate surface area is 156 Å². The minimum atomic E-state index is -3.47. The highest BCUT2D eigenvalue weighted by molar-refractivity contribution is 7.89. The number of hydrogen-bond donors (Lipinski definition) is 1. The Balaban J connectivity index is 1.55. The molecule has 1 aromatic rings. The van der Waals surface area contributed by atoms with Gasteiger partial charge in [0, 0.05) is 32.1 Å². The molecule has 0 radical (unpaired) electrons. The molecule has 1 unspecified atom stereocenters. The van der Waals surface area contributed by atoms with Crippen molar-refractivity contribution in [2.45, 2.75) is 31.6 Å². The summed E-state index contributed by atoms with van der Waals surface area (Å²) in [5, 5.41) is 0. The molecule has 26 heavy (non-hydrogen) atoms. The van der Waals surface area contributed by atoms with Gasteiger partial charge < -0.3 is 9.80 Å². The second kappa shape index (κ2) is 8.06. The Morgan fingerprint density at radius 2 is 1.81 bits per heavy atom. The number of aryl methyl sites for hydroxylation is 1. The number of nitrogens with one attached hydrogen (secondary N) is 1. The molecule has 2 saturated heterocycles. The van der Waals surface area contributed by atoms with E-state index >= 15 is 0 Å². The van der Waals surface area contributed by atoms with Gasteiger partial charge in [-0.3, -0.25) is 4.79 Å². The zero-order chi connectivity index (χ0) is 18.7. The minimum Gasteiger partial charge on any atom is -0.335 e. The maximum Gasteiger partial charge on any atom is 0.277 e. The number of nitrogens with zero attached hydrogens (tertiary/aromatic N) is 2. The average Bonchev–Trinajstić information content (AvgIpc) is 2.62. The first-order valence-electron chi connectivity index (χ1n) is 9.54. The number of rotatable bonds is 4. The van der Waals surface area contributed by atoms with Gasteiger partial charge in [0.05, 0.1) is 18.0 Å². The maximum atomic E-state index is 12.7. The Kier molecular flexibility index (Phi) is 5.99. The van der Waals surface area contributed by atoms with Gasteiger partial charge in [0.15, 0.2) is 6.54 Å². The summed E-state index contributed by atoms with van der Waals surface area (Å²) >= 11 is 0. The number of carbonyl (C=O) groups is 1. The van der Waals surface area contributed by atoms with Gasteiger partial charge >= 0.3 is 0 Å². The van der Waals surface area contributed by atoms with Crippen LogP contribution in [0.25, 0.3) is 0 Å². The molecular formula is C19H30N3O3S+. The van der Waals surface area contributed by atoms with Gasteiger partial charge in [0.25, 0.3) is 5.91 Å². The summed E-state index contributed by atoms with van der Waals surface area (Å²) in [6, 6.07) is 6.94. The quantitative estimate of drug-likeness (QED) is 0.809. The maximum absolute atomic E-state index is 12.7. The van der Waals surface area contributed by atoms with Crippen LogP contribution in [-0.2, 0) is 14.8 Å². The van der Waals surface area contributed by atoms with Crippen LogP contribution in [0, 0.1) is 12.8 Å². The lowest BCUT2D eigenvalue weighted by Gasteiger charge is -2.35. The Morgan fingerprint density at radius 3 is 2.42 bits per heavy atom. The third-order valence-corrected chi connectivity index (χ3v) is 7.43. The van der Waals surface area contributed by atoms with Gasteiger partial charge in [-0.2, -0.15) is 4.31 Å². The standard InChI is InChI=1S/C19H29N3O3S/c1-16-5-7-18(8-6-16)26(24,25)22-12-10-21(11-13-22)19(23)15-20-9-3-4-17(2)14-20/h5-8,17H,3-4,9-15H2,1-2H3/p+1/t17-/m1/s1. The summed E-state index contributed by atoms with van der Waals surface area (Å²) in [5.41, 5.74) is 1.04. The molecule has 2 aliphatic heterocycles. The van der Waals surface area contributed by atoms with Gasteiger partial charge in [0.1, 0.15) is 0 Å². The lowest BCUT2D eigenvalue weighted by atomic mass is 10.0. The Bertz CT molecular complexity index is 725. The van der Waals surface area contributed by atoms with Crippen molar-refractivity contribution < 1.29 is 18.1 Å². The van der Waals surface area contributed by atoms with E-state index in [-0.39, 0.29) is 5.91 Å². The molecule has 2 fully saturated rings. The molecular weight excluding hydrogens is 350 g/mol. The van der Waals surface area contributed by atoms with E-state index in [1.165, 1.54) is 22.0 Å². The molecule has 144 valence electrons. The van der Waals surface area contributed by atoms with E-state index < -0.39 is 10.0 Å². The van der Waals surface area contributed by atoms with Crippen molar-refractivity contribution in [2.75, 3.05) is 45.8 Å². The van der Waals surface area contributed by atoms with E-state index in [0.717, 1.165) is 18.7 Å². The number of hydrogen-bond acceptors (Lipinski definition) is 3. The largest absolute Gasteiger partial charge is 0.335 e. The molecule has 2 heterocycles. The fourth-order valence-electron chi connectivity index (χ4n) is 3.92. The number of benzene rings is 1. The van der Waals surface area contributed by atoms with Gasteiger partial charge in [-0.05, 0) is 31.9 Å². The molecule has 1 amide bonds. The van der Waals surface area contributed by atoms with Gasteiger partial charge in [-0.15, -0.1) is 0 Å². The lowest BCUT2D eigenvalue weighted by Crippen LogP contribution is -3.14. The smallest absolute Gasteiger partial charge is 0.277 e. The second-order valence-corrected chi connectivity index (χ2v) is 9.66. The fraction of sp³-hybridized carbons (Fsp3) is 0.632. The first kappa shape index (κ1) is 19.3. The third kappa shape index (κ3) is 4.45. The number of piperidine rings is 1. The molecule has 0 saturated carbocycles. The van der Waals surface area contributed by atoms with E-state index in [1.807, 2.05) is 24.0 Å². The summed E-state index contributed by atoms with van der Waals surface area (Å²) in [4.78, 5) is 16.1. The van der Waals surface area contributed by atoms with Crippen LogP contribution >= 0.6 is 0 Å². The molecule has 0 aliphatic carbocycles. The molecule has 7 heteroatoms. The number of likely N-dealkylation sites (tertiary alicyclic amines) is 1. The van der Waals surface area contributed by atoms with Crippen LogP contribution in [0.1, 0.15) is 25.3 Å². The first-order valence-corrected chi connectivity index (χ1v) is 11.0. The minimum absolute atomic E-state index is 0.154. The molecule has 2 atom stereocenters. The SMILES string of the molecule is Cc1ccc(S(=O)(=O)N2CCN(C(=O)C[NH+]3CCC[C@@H](C)C3)CC2)cc1. The molecule has 0 bridgehead atoms. The number of carbonyl (C=O) groups excluding carboxylic acids is 1. The molecule has 3 rings (SSSR count). The molecule has 6 nitrogen and oxygen atoms in total. The summed E-state index contributed by atoms with van der Waals surface area (Å²) in [6.45, 7) is 8.55. The van der Waals surface area contributed by atoms with Crippen molar-refractivity contribution in [3.63, 3.8) is 0 Å². The van der Waals surface area contributed by atoms with Crippen molar-refractivity contribution in [2.24, 2.45) is 5.92 Å². The van der Waals surface area contributed by atoms with E-state index in [0.29, 0.717) is 43.5 Å². The van der Waals surface area contributed by atoms with Crippen molar-refractivity contribution in [3.8, 4) is 0 Å². The summed E-state index contributed by atoms with van der Waals surface area (Å²) in [5.74, 6) is 0.838. The normalized spacial score (nSPS) is 25.2. The predicted molar refractivity (Wildman–Crippen MR) is 100 cm³/mol. The number of quaternary nitrogens is 1. The van der Waals surface area contributed by atoms with Crippen molar-refractivity contribution in [3.05, 3.63) is 29.8 Å². The number of sulfonamides is 1. The van der Waals surface area contributed by atoms with Gasteiger partial charge in [0.2, 0.25) is 10.0 Å². The zero-order valence-electron chi connectivity index (χ0n) is 15.8. The number of piperazine rings is 1. The Hall–Kier alpha value is -1.44. The van der Waals surface area contributed by atoms with Crippen molar-refractivity contribution in [1.82, 2.24) is 9.21 Å². The lowest BCUT2D eigenvalue weighted by molar-refractivity contribution is -0.900. The topological polar surface area (TPSA) is 62.1 Å². The van der Waals surface area contributed by atoms with Crippen LogP contribution in [0.4, 0.5) is 0 Å². The van der Waals surface area contributed by atoms with E-state index in [4.69, 9.17) is 0 Å². The summed E-state index contributed by atoms with van der Waals surface area (Å²) in [7, 11) is -3.47. The third-order valence-electron chi connectivity index (χ3n) is 5.52. The van der Waals surface area contributed by atoms with Crippen molar-refractivity contribution in [1.29, 1.82) is 0 Å².